The van der Waals surface area contributed by atoms with Crippen molar-refractivity contribution in [1.82, 2.24) is 0 Å². The quantitative estimate of drug-likeness (QED) is 0.632. The number of rotatable bonds is 3. The number of amides is 1. The van der Waals surface area contributed by atoms with E-state index in [1.807, 2.05) is 19.1 Å². The summed E-state index contributed by atoms with van der Waals surface area (Å²) in [5, 5.41) is 5.29. The van der Waals surface area contributed by atoms with Gasteiger partial charge in [-0.3, -0.25) is 4.79 Å². The fourth-order valence-electron chi connectivity index (χ4n) is 4.98. The summed E-state index contributed by atoms with van der Waals surface area (Å²) in [4.78, 5) is 15.2. The van der Waals surface area contributed by atoms with Crippen LogP contribution < -0.4 is 10.0 Å². The molecule has 0 saturated carbocycles. The van der Waals surface area contributed by atoms with Crippen LogP contribution in [0.1, 0.15) is 23.6 Å². The van der Waals surface area contributed by atoms with Crippen LogP contribution >= 0.6 is 0 Å². The fraction of sp³-hybridized carbons (Fsp3) is 0.240. The largest absolute Gasteiger partial charge is 0.309 e. The maximum atomic E-state index is 14.2. The lowest BCUT2D eigenvalue weighted by Crippen LogP contribution is -2.40. The minimum atomic E-state index is -3.89. The Hall–Kier alpha value is -3.10. The molecule has 5 rings (SSSR count). The van der Waals surface area contributed by atoms with E-state index in [-0.39, 0.29) is 28.3 Å². The van der Waals surface area contributed by atoms with Gasteiger partial charge in [-0.05, 0) is 78.8 Å². The van der Waals surface area contributed by atoms with Gasteiger partial charge in [0.2, 0.25) is 15.9 Å². The number of hydrogen-bond acceptors (Lipinski definition) is 3. The lowest BCUT2D eigenvalue weighted by atomic mass is 10.00. The number of halogens is 2. The smallest absolute Gasteiger partial charge is 0.238 e. The van der Waals surface area contributed by atoms with E-state index >= 15 is 0 Å². The van der Waals surface area contributed by atoms with E-state index in [4.69, 9.17) is 5.14 Å². The summed E-state index contributed by atoms with van der Waals surface area (Å²) < 4.78 is 51.5. The molecule has 170 valence electrons. The van der Waals surface area contributed by atoms with Crippen LogP contribution in [0.25, 0.3) is 11.1 Å². The van der Waals surface area contributed by atoms with Crippen LogP contribution in [-0.4, -0.2) is 20.4 Å². The summed E-state index contributed by atoms with van der Waals surface area (Å²) in [5.41, 5.74) is 4.17. The number of carbonyl (C=O) groups excluding carboxylic acids is 1. The molecule has 1 aliphatic carbocycles. The first-order chi connectivity index (χ1) is 15.6. The Balaban J connectivity index is 1.43. The number of nitrogens with zero attached hydrogens (tertiary/aromatic N) is 1. The Bertz CT molecular complexity index is 1400. The highest BCUT2D eigenvalue weighted by atomic mass is 32.2. The zero-order valence-corrected chi connectivity index (χ0v) is 18.7. The maximum Gasteiger partial charge on any atom is 0.238 e. The van der Waals surface area contributed by atoms with Gasteiger partial charge in [0.1, 0.15) is 11.6 Å². The summed E-state index contributed by atoms with van der Waals surface area (Å²) in [5.74, 6) is -1.42. The van der Waals surface area contributed by atoms with Gasteiger partial charge in [-0.25, -0.2) is 22.3 Å². The monoisotopic (exact) mass is 468 g/mol. The first-order valence-electron chi connectivity index (χ1n) is 10.7. The lowest BCUT2D eigenvalue weighted by molar-refractivity contribution is -0.122. The molecule has 0 spiro atoms. The van der Waals surface area contributed by atoms with E-state index in [1.54, 1.807) is 17.0 Å². The van der Waals surface area contributed by atoms with Crippen molar-refractivity contribution >= 4 is 21.6 Å². The predicted molar refractivity (Wildman–Crippen MR) is 121 cm³/mol. The number of carbonyl (C=O) groups is 1. The van der Waals surface area contributed by atoms with Crippen molar-refractivity contribution in [2.45, 2.75) is 37.1 Å². The Morgan fingerprint density at radius 2 is 1.67 bits per heavy atom. The number of sulfonamides is 1. The Morgan fingerprint density at radius 3 is 2.42 bits per heavy atom. The Kier molecular flexibility index (Phi) is 5.10. The molecule has 1 amide bonds. The maximum absolute atomic E-state index is 14.2. The third-order valence-corrected chi connectivity index (χ3v) is 7.48. The van der Waals surface area contributed by atoms with E-state index in [1.165, 1.54) is 18.2 Å². The van der Waals surface area contributed by atoms with Crippen molar-refractivity contribution in [3.05, 3.63) is 82.9 Å². The molecule has 33 heavy (non-hydrogen) atoms. The van der Waals surface area contributed by atoms with Crippen LogP contribution in [0.2, 0.25) is 0 Å². The standard InChI is InChI=1S/C25H22F2N2O3S/c1-14-8-17-4-6-21(33(28,31)32)13-24(17)29(14)25(30)19-9-15-2-3-16(10-18(15)11-19)22-12-20(26)5-7-23(22)27/h2-7,10,12-14,19H,8-9,11H2,1H3,(H2,28,31,32)/t14-,19+/m0/s1. The molecule has 8 heteroatoms. The van der Waals surface area contributed by atoms with Gasteiger partial charge in [0, 0.05) is 23.2 Å². The number of hydrogen-bond donors (Lipinski definition) is 1. The number of anilines is 1. The van der Waals surface area contributed by atoms with Gasteiger partial charge < -0.3 is 4.90 Å². The summed E-state index contributed by atoms with van der Waals surface area (Å²) in [6, 6.07) is 13.3. The molecule has 5 nitrogen and oxygen atoms in total. The van der Waals surface area contributed by atoms with Gasteiger partial charge in [-0.1, -0.05) is 24.3 Å². The minimum Gasteiger partial charge on any atom is -0.309 e. The van der Waals surface area contributed by atoms with Crippen molar-refractivity contribution in [2.24, 2.45) is 11.1 Å². The second-order valence-corrected chi connectivity index (χ2v) is 10.4. The van der Waals surface area contributed by atoms with Gasteiger partial charge in [0.15, 0.2) is 0 Å². The van der Waals surface area contributed by atoms with Crippen molar-refractivity contribution in [3.8, 4) is 11.1 Å². The van der Waals surface area contributed by atoms with Gasteiger partial charge in [0.05, 0.1) is 4.90 Å². The molecule has 1 heterocycles. The minimum absolute atomic E-state index is 0.0235. The predicted octanol–water partition coefficient (Wildman–Crippen LogP) is 3.97. The molecular weight excluding hydrogens is 446 g/mol. The molecule has 3 aromatic carbocycles. The summed E-state index contributed by atoms with van der Waals surface area (Å²) in [6.45, 7) is 1.93. The van der Waals surface area contributed by atoms with E-state index in [9.17, 15) is 22.0 Å². The van der Waals surface area contributed by atoms with Gasteiger partial charge in [-0.15, -0.1) is 0 Å². The summed E-state index contributed by atoms with van der Waals surface area (Å²) >= 11 is 0. The second-order valence-electron chi connectivity index (χ2n) is 8.81. The first-order valence-corrected chi connectivity index (χ1v) is 12.2. The molecule has 0 fully saturated rings. The molecule has 2 N–H and O–H groups in total. The highest BCUT2D eigenvalue weighted by Crippen LogP contribution is 2.38. The Morgan fingerprint density at radius 1 is 0.939 bits per heavy atom. The molecule has 0 saturated heterocycles. The average Bonchev–Trinajstić information content (AvgIpc) is 3.33. The molecule has 0 radical (unpaired) electrons. The summed E-state index contributed by atoms with van der Waals surface area (Å²) in [7, 11) is -3.89. The number of benzene rings is 3. The van der Waals surface area contributed by atoms with Crippen LogP contribution in [-0.2, 0) is 34.1 Å². The van der Waals surface area contributed by atoms with Crippen LogP contribution in [0, 0.1) is 17.6 Å². The van der Waals surface area contributed by atoms with Crippen molar-refractivity contribution in [1.29, 1.82) is 0 Å². The Labute approximate surface area is 190 Å². The number of fused-ring (bicyclic) bond motifs is 2. The summed E-state index contributed by atoms with van der Waals surface area (Å²) in [6.07, 6.45) is 1.65. The highest BCUT2D eigenvalue weighted by Gasteiger charge is 2.38. The third kappa shape index (κ3) is 3.83. The zero-order valence-electron chi connectivity index (χ0n) is 17.9. The SMILES string of the molecule is C[C@H]1Cc2ccc(S(N)(=O)=O)cc2N1C(=O)[C@@H]1Cc2ccc(-c3cc(F)ccc3F)cc2C1. The number of nitrogens with two attached hydrogens (primary N) is 1. The highest BCUT2D eigenvalue weighted by molar-refractivity contribution is 7.89. The van der Waals surface area contributed by atoms with Crippen LogP contribution in [0.5, 0.6) is 0 Å². The topological polar surface area (TPSA) is 80.5 Å². The molecule has 0 bridgehead atoms. The normalized spacial score (nSPS) is 19.5. The van der Waals surface area contributed by atoms with E-state index in [0.29, 0.717) is 30.5 Å². The second kappa shape index (κ2) is 7.74. The molecule has 3 aromatic rings. The van der Waals surface area contributed by atoms with Crippen molar-refractivity contribution < 1.29 is 22.0 Å². The fourth-order valence-corrected chi connectivity index (χ4v) is 5.51. The molecule has 0 unspecified atom stereocenters. The van der Waals surface area contributed by atoms with Crippen molar-refractivity contribution in [2.75, 3.05) is 4.90 Å². The molecule has 0 aromatic heterocycles. The van der Waals surface area contributed by atoms with Gasteiger partial charge in [-0.2, -0.15) is 0 Å². The van der Waals surface area contributed by atoms with Crippen molar-refractivity contribution in [3.63, 3.8) is 0 Å². The molecule has 2 aliphatic rings. The van der Waals surface area contributed by atoms with Gasteiger partial charge >= 0.3 is 0 Å². The molecule has 1 aliphatic heterocycles. The van der Waals surface area contributed by atoms with Gasteiger partial charge in [0.25, 0.3) is 0 Å². The third-order valence-electron chi connectivity index (χ3n) is 6.57. The first kappa shape index (κ1) is 21.7. The molecule has 2 atom stereocenters. The van der Waals surface area contributed by atoms with E-state index in [2.05, 4.69) is 0 Å². The zero-order chi connectivity index (χ0) is 23.5. The van der Waals surface area contributed by atoms with Crippen LogP contribution in [0.15, 0.2) is 59.5 Å². The van der Waals surface area contributed by atoms with Crippen LogP contribution in [0.4, 0.5) is 14.5 Å². The lowest BCUT2D eigenvalue weighted by Gasteiger charge is -2.26. The number of primary sulfonamides is 1. The van der Waals surface area contributed by atoms with E-state index < -0.39 is 21.7 Å². The molecular formula is C25H22F2N2O3S. The van der Waals surface area contributed by atoms with E-state index in [0.717, 1.165) is 28.8 Å². The average molecular weight is 469 g/mol. The van der Waals surface area contributed by atoms with Crippen LogP contribution in [0.3, 0.4) is 0 Å².